The molecule has 8 heteroatoms. The number of carboxylic acid groups (broad SMARTS) is 1. The number of H-pyrrole nitrogens is 1. The molecule has 182 valence electrons. The summed E-state index contributed by atoms with van der Waals surface area (Å²) in [6.45, 7) is 0. The van der Waals surface area contributed by atoms with Crippen LogP contribution in [-0.4, -0.2) is 21.3 Å². The van der Waals surface area contributed by atoms with Crippen molar-refractivity contribution in [3.8, 4) is 0 Å². The van der Waals surface area contributed by atoms with Crippen LogP contribution < -0.4 is 0 Å². The lowest BCUT2D eigenvalue weighted by Gasteiger charge is -2.32. The van der Waals surface area contributed by atoms with E-state index >= 15 is 4.39 Å². The largest absolute Gasteiger partial charge is 0.478 e. The molecule has 2 N–H and O–H groups in total. The fourth-order valence-electron chi connectivity index (χ4n) is 4.56. The first-order chi connectivity index (χ1) is 17.3. The molecule has 4 aromatic rings. The summed E-state index contributed by atoms with van der Waals surface area (Å²) in [6, 6.07) is 13.8. The summed E-state index contributed by atoms with van der Waals surface area (Å²) in [7, 11) is 0. The van der Waals surface area contributed by atoms with Crippen molar-refractivity contribution in [1.82, 2.24) is 10.2 Å². The number of aromatic amines is 1. The van der Waals surface area contributed by atoms with Gasteiger partial charge in [0, 0.05) is 11.6 Å². The van der Waals surface area contributed by atoms with Crippen LogP contribution >= 0.6 is 11.6 Å². The summed E-state index contributed by atoms with van der Waals surface area (Å²) in [5, 5.41) is 15.7. The molecule has 4 nitrogen and oxygen atoms in total. The first-order valence-corrected chi connectivity index (χ1v) is 11.7. The van der Waals surface area contributed by atoms with Crippen LogP contribution in [0.3, 0.4) is 0 Å². The van der Waals surface area contributed by atoms with Gasteiger partial charge in [-0.1, -0.05) is 42.3 Å². The molecule has 1 aliphatic carbocycles. The van der Waals surface area contributed by atoms with Crippen molar-refractivity contribution in [3.05, 3.63) is 106 Å². The summed E-state index contributed by atoms with van der Waals surface area (Å²) < 4.78 is 43.4. The minimum Gasteiger partial charge on any atom is -0.478 e. The van der Waals surface area contributed by atoms with Gasteiger partial charge in [-0.2, -0.15) is 4.39 Å². The smallest absolute Gasteiger partial charge is 0.328 e. The predicted octanol–water partition coefficient (Wildman–Crippen LogP) is 7.49. The second kappa shape index (κ2) is 9.66. The highest BCUT2D eigenvalue weighted by Crippen LogP contribution is 2.47. The van der Waals surface area contributed by atoms with Crippen molar-refractivity contribution in [2.75, 3.05) is 0 Å². The van der Waals surface area contributed by atoms with Gasteiger partial charge in [0.2, 0.25) is 5.95 Å². The molecule has 5 rings (SSSR count). The van der Waals surface area contributed by atoms with Crippen LogP contribution in [0.15, 0.2) is 60.7 Å². The molecule has 3 aromatic carbocycles. The van der Waals surface area contributed by atoms with Gasteiger partial charge in [-0.05, 0) is 83.0 Å². The Morgan fingerprint density at radius 3 is 2.44 bits per heavy atom. The van der Waals surface area contributed by atoms with Crippen molar-refractivity contribution in [1.29, 1.82) is 0 Å². The third kappa shape index (κ3) is 4.54. The maximum atomic E-state index is 15.1. The van der Waals surface area contributed by atoms with E-state index in [2.05, 4.69) is 10.2 Å². The molecule has 0 atom stereocenters. The van der Waals surface area contributed by atoms with Crippen molar-refractivity contribution < 1.29 is 23.1 Å². The van der Waals surface area contributed by atoms with E-state index in [4.69, 9.17) is 16.7 Å². The molecule has 1 aromatic heterocycles. The first kappa shape index (κ1) is 23.9. The molecule has 1 heterocycles. The lowest BCUT2D eigenvalue weighted by atomic mass is 9.73. The normalized spacial score (nSPS) is 14.8. The van der Waals surface area contributed by atoms with E-state index in [0.717, 1.165) is 30.9 Å². The quantitative estimate of drug-likeness (QED) is 0.209. The predicted molar refractivity (Wildman–Crippen MR) is 134 cm³/mol. The molecule has 0 unspecified atom stereocenters. The van der Waals surface area contributed by atoms with E-state index in [0.29, 0.717) is 27.8 Å². The standard InChI is InChI=1S/C28H20ClF3N2O2/c29-22-14-19(30)8-9-20(22)27(16-2-1-3-16)26(17-6-10-24-21(12-17)28(32)34-33-24)18-5-4-15(23(31)13-18)7-11-25(35)36/h4-14,16H,1-3H2,(H,33,34)(H,35,36)/b11-7+,27-26-. The Kier molecular flexibility index (Phi) is 6.41. The highest BCUT2D eigenvalue weighted by molar-refractivity contribution is 6.32. The lowest BCUT2D eigenvalue weighted by Crippen LogP contribution is -2.15. The van der Waals surface area contributed by atoms with Crippen LogP contribution in [0.4, 0.5) is 13.2 Å². The number of nitrogens with one attached hydrogen (secondary N) is 1. The first-order valence-electron chi connectivity index (χ1n) is 11.4. The number of rotatable bonds is 6. The number of nitrogens with zero attached hydrogens (tertiary/aromatic N) is 1. The van der Waals surface area contributed by atoms with Gasteiger partial charge in [0.25, 0.3) is 0 Å². The molecular weight excluding hydrogens is 489 g/mol. The summed E-state index contributed by atoms with van der Waals surface area (Å²) >= 11 is 6.51. The van der Waals surface area contributed by atoms with Crippen molar-refractivity contribution in [2.24, 2.45) is 5.92 Å². The van der Waals surface area contributed by atoms with Crippen LogP contribution in [0.25, 0.3) is 28.1 Å². The Morgan fingerprint density at radius 2 is 1.78 bits per heavy atom. The molecule has 1 saturated carbocycles. The number of aromatic nitrogens is 2. The van der Waals surface area contributed by atoms with Crippen LogP contribution in [0.5, 0.6) is 0 Å². The van der Waals surface area contributed by atoms with Gasteiger partial charge in [-0.15, -0.1) is 5.10 Å². The maximum absolute atomic E-state index is 15.1. The topological polar surface area (TPSA) is 66.0 Å². The molecule has 0 amide bonds. The van der Waals surface area contributed by atoms with E-state index in [1.165, 1.54) is 30.3 Å². The molecule has 0 radical (unpaired) electrons. The number of carbonyl (C=O) groups is 1. The van der Waals surface area contributed by atoms with Crippen LogP contribution in [-0.2, 0) is 4.79 Å². The van der Waals surface area contributed by atoms with Crippen molar-refractivity contribution in [2.45, 2.75) is 19.3 Å². The third-order valence-electron chi connectivity index (χ3n) is 6.50. The minimum atomic E-state index is -1.19. The van der Waals surface area contributed by atoms with Gasteiger partial charge in [-0.25, -0.2) is 13.6 Å². The van der Waals surface area contributed by atoms with Gasteiger partial charge in [-0.3, -0.25) is 5.10 Å². The number of halogens is 4. The molecule has 0 saturated heterocycles. The summed E-state index contributed by atoms with van der Waals surface area (Å²) in [6.07, 6.45) is 4.79. The Labute approximate surface area is 209 Å². The Balaban J connectivity index is 1.80. The fourth-order valence-corrected chi connectivity index (χ4v) is 4.83. The van der Waals surface area contributed by atoms with Crippen LogP contribution in [0.1, 0.15) is 41.5 Å². The average Bonchev–Trinajstić information content (AvgIpc) is 3.17. The van der Waals surface area contributed by atoms with E-state index in [1.807, 2.05) is 0 Å². The van der Waals surface area contributed by atoms with Crippen molar-refractivity contribution in [3.63, 3.8) is 0 Å². The number of benzene rings is 3. The zero-order chi connectivity index (χ0) is 25.4. The summed E-state index contributed by atoms with van der Waals surface area (Å²) in [5.41, 5.74) is 3.85. The molecular formula is C28H20ClF3N2O2. The maximum Gasteiger partial charge on any atom is 0.328 e. The molecule has 0 aliphatic heterocycles. The van der Waals surface area contributed by atoms with E-state index in [-0.39, 0.29) is 21.9 Å². The van der Waals surface area contributed by atoms with Gasteiger partial charge in [0.05, 0.1) is 15.9 Å². The van der Waals surface area contributed by atoms with Gasteiger partial charge >= 0.3 is 5.97 Å². The second-order valence-corrected chi connectivity index (χ2v) is 9.13. The Hall–Kier alpha value is -3.84. The van der Waals surface area contributed by atoms with Gasteiger partial charge in [0.15, 0.2) is 0 Å². The number of hydrogen-bond donors (Lipinski definition) is 2. The highest BCUT2D eigenvalue weighted by atomic mass is 35.5. The number of aliphatic carboxylic acids is 1. The number of hydrogen-bond acceptors (Lipinski definition) is 2. The molecule has 1 aliphatic rings. The van der Waals surface area contributed by atoms with Gasteiger partial charge < -0.3 is 5.11 Å². The minimum absolute atomic E-state index is 0.0856. The van der Waals surface area contributed by atoms with E-state index in [1.54, 1.807) is 30.3 Å². The van der Waals surface area contributed by atoms with Crippen LogP contribution in [0.2, 0.25) is 5.02 Å². The second-order valence-electron chi connectivity index (χ2n) is 8.72. The molecule has 0 bridgehead atoms. The van der Waals surface area contributed by atoms with Crippen molar-refractivity contribution >= 4 is 45.7 Å². The SMILES string of the molecule is O=C(O)/C=C/c1ccc(/C(=C(\c2ccc(F)cc2Cl)C2CCC2)c2ccc3[nH]nc(F)c3c2)cc1F. The summed E-state index contributed by atoms with van der Waals surface area (Å²) in [4.78, 5) is 10.9. The zero-order valence-electron chi connectivity index (χ0n) is 18.9. The molecule has 1 fully saturated rings. The Bertz CT molecular complexity index is 1550. The monoisotopic (exact) mass is 508 g/mol. The average molecular weight is 509 g/mol. The van der Waals surface area contributed by atoms with E-state index in [9.17, 15) is 13.6 Å². The van der Waals surface area contributed by atoms with Crippen LogP contribution in [0, 0.1) is 23.5 Å². The van der Waals surface area contributed by atoms with E-state index < -0.39 is 23.6 Å². The lowest BCUT2D eigenvalue weighted by molar-refractivity contribution is -0.131. The zero-order valence-corrected chi connectivity index (χ0v) is 19.6. The fraction of sp³-hybridized carbons (Fsp3) is 0.143. The third-order valence-corrected chi connectivity index (χ3v) is 6.82. The highest BCUT2D eigenvalue weighted by Gasteiger charge is 2.29. The van der Waals surface area contributed by atoms with Gasteiger partial charge in [0.1, 0.15) is 11.6 Å². The number of allylic oxidation sites excluding steroid dienone is 1. The summed E-state index contributed by atoms with van der Waals surface area (Å²) in [5.74, 6) is -2.84. The Morgan fingerprint density at radius 1 is 1.03 bits per heavy atom. The molecule has 0 spiro atoms. The number of carboxylic acids is 1. The molecule has 36 heavy (non-hydrogen) atoms. The number of fused-ring (bicyclic) bond motifs is 1.